The summed E-state index contributed by atoms with van der Waals surface area (Å²) in [5.74, 6) is 1.30. The van der Waals surface area contributed by atoms with Crippen LogP contribution in [0.1, 0.15) is 48.3 Å². The maximum Gasteiger partial charge on any atom is 0.289 e. The number of nitrogens with zero attached hydrogens (tertiary/aromatic N) is 5. The van der Waals surface area contributed by atoms with Gasteiger partial charge in [-0.3, -0.25) is 4.79 Å². The molecule has 0 spiro atoms. The molecule has 1 saturated heterocycles. The number of tetrazole rings is 1. The van der Waals surface area contributed by atoms with Crippen molar-refractivity contribution in [2.24, 2.45) is 5.92 Å². The maximum atomic E-state index is 13.6. The number of aryl methyl sites for hydroxylation is 1. The van der Waals surface area contributed by atoms with E-state index in [4.69, 9.17) is 4.42 Å². The molecule has 1 aliphatic rings. The standard InChI is InChI=1S/C22H27FN6O2/c1-16(2)9-10-29-21(24-25-26-29)20(17-5-7-18(23)8-6-17)27-11-13-28(14-12-27)22(30)19-4-3-15-31-19/h3-8,15-16,20H,9-14H2,1-2H3/p+1/t20-/m1/s1. The number of amides is 1. The number of furan rings is 1. The molecule has 1 aromatic carbocycles. The summed E-state index contributed by atoms with van der Waals surface area (Å²) in [5.41, 5.74) is 0.961. The molecule has 0 aliphatic carbocycles. The highest BCUT2D eigenvalue weighted by Gasteiger charge is 2.35. The second-order valence-corrected chi connectivity index (χ2v) is 8.36. The van der Waals surface area contributed by atoms with Gasteiger partial charge in [-0.25, -0.2) is 9.07 Å². The SMILES string of the molecule is CC(C)CCn1nnnc1[C@@H](c1ccc(F)cc1)[NH+]1CCN(C(=O)c2ccco2)CC1. The van der Waals surface area contributed by atoms with Crippen molar-refractivity contribution in [2.75, 3.05) is 26.2 Å². The average molecular weight is 428 g/mol. The summed E-state index contributed by atoms with van der Waals surface area (Å²) in [7, 11) is 0. The topological polar surface area (TPSA) is 81.5 Å². The Kier molecular flexibility index (Phi) is 6.41. The molecule has 4 rings (SSSR count). The predicted molar refractivity (Wildman–Crippen MR) is 111 cm³/mol. The van der Waals surface area contributed by atoms with E-state index in [2.05, 4.69) is 29.4 Å². The van der Waals surface area contributed by atoms with Crippen molar-refractivity contribution in [2.45, 2.75) is 32.9 Å². The summed E-state index contributed by atoms with van der Waals surface area (Å²) in [6.07, 6.45) is 2.48. The molecule has 164 valence electrons. The van der Waals surface area contributed by atoms with Gasteiger partial charge in [0, 0.05) is 12.1 Å². The number of hydrogen-bond acceptors (Lipinski definition) is 5. The van der Waals surface area contributed by atoms with Crippen molar-refractivity contribution in [3.8, 4) is 0 Å². The third-order valence-electron chi connectivity index (χ3n) is 5.77. The number of hydrogen-bond donors (Lipinski definition) is 1. The van der Waals surface area contributed by atoms with Gasteiger partial charge in [-0.1, -0.05) is 13.8 Å². The number of benzene rings is 1. The van der Waals surface area contributed by atoms with Crippen LogP contribution in [0.15, 0.2) is 47.1 Å². The van der Waals surface area contributed by atoms with Gasteiger partial charge in [0.1, 0.15) is 5.82 Å². The van der Waals surface area contributed by atoms with E-state index in [1.165, 1.54) is 23.3 Å². The molecule has 1 atom stereocenters. The number of nitrogens with one attached hydrogen (secondary N) is 1. The second-order valence-electron chi connectivity index (χ2n) is 8.36. The number of carbonyl (C=O) groups excluding carboxylic acids is 1. The third kappa shape index (κ3) is 4.82. The van der Waals surface area contributed by atoms with Crippen molar-refractivity contribution in [3.63, 3.8) is 0 Å². The molecular formula is C22H28FN6O2+. The van der Waals surface area contributed by atoms with Crippen LogP contribution in [0, 0.1) is 11.7 Å². The van der Waals surface area contributed by atoms with Gasteiger partial charge >= 0.3 is 0 Å². The Morgan fingerprint density at radius 3 is 2.58 bits per heavy atom. The van der Waals surface area contributed by atoms with E-state index in [0.717, 1.165) is 37.4 Å². The molecule has 3 aromatic rings. The smallest absolute Gasteiger partial charge is 0.289 e. The van der Waals surface area contributed by atoms with Crippen molar-refractivity contribution < 1.29 is 18.5 Å². The van der Waals surface area contributed by atoms with Gasteiger partial charge in [0.2, 0.25) is 5.82 Å². The first-order valence-electron chi connectivity index (χ1n) is 10.7. The fraction of sp³-hybridized carbons (Fsp3) is 0.455. The summed E-state index contributed by atoms with van der Waals surface area (Å²) in [4.78, 5) is 15.7. The molecule has 1 amide bonds. The molecule has 0 saturated carbocycles. The number of piperazine rings is 1. The van der Waals surface area contributed by atoms with Gasteiger partial charge < -0.3 is 14.2 Å². The van der Waals surface area contributed by atoms with Crippen LogP contribution in [0.25, 0.3) is 0 Å². The zero-order valence-electron chi connectivity index (χ0n) is 17.9. The molecule has 0 radical (unpaired) electrons. The summed E-state index contributed by atoms with van der Waals surface area (Å²) in [5, 5.41) is 12.5. The van der Waals surface area contributed by atoms with Crippen LogP contribution in [-0.2, 0) is 6.54 Å². The maximum absolute atomic E-state index is 13.6. The van der Waals surface area contributed by atoms with Crippen LogP contribution in [0.5, 0.6) is 0 Å². The Morgan fingerprint density at radius 2 is 1.94 bits per heavy atom. The van der Waals surface area contributed by atoms with Crippen molar-refractivity contribution in [1.82, 2.24) is 25.1 Å². The van der Waals surface area contributed by atoms with Gasteiger partial charge in [-0.15, -0.1) is 5.10 Å². The predicted octanol–water partition coefficient (Wildman–Crippen LogP) is 1.58. The van der Waals surface area contributed by atoms with Crippen molar-refractivity contribution >= 4 is 5.91 Å². The van der Waals surface area contributed by atoms with Gasteiger partial charge in [0.25, 0.3) is 5.91 Å². The third-order valence-corrected chi connectivity index (χ3v) is 5.77. The van der Waals surface area contributed by atoms with Crippen LogP contribution in [-0.4, -0.2) is 57.2 Å². The fourth-order valence-corrected chi connectivity index (χ4v) is 4.02. The molecular weight excluding hydrogens is 399 g/mol. The zero-order valence-corrected chi connectivity index (χ0v) is 17.9. The lowest BCUT2D eigenvalue weighted by Gasteiger charge is -2.36. The molecule has 3 heterocycles. The number of aromatic nitrogens is 4. The van der Waals surface area contributed by atoms with Gasteiger partial charge in [-0.2, -0.15) is 0 Å². The van der Waals surface area contributed by atoms with E-state index in [-0.39, 0.29) is 17.8 Å². The first-order valence-corrected chi connectivity index (χ1v) is 10.7. The lowest BCUT2D eigenvalue weighted by Crippen LogP contribution is -3.15. The van der Waals surface area contributed by atoms with E-state index in [1.54, 1.807) is 24.3 Å². The summed E-state index contributed by atoms with van der Waals surface area (Å²) in [6.45, 7) is 7.72. The normalized spacial score (nSPS) is 16.1. The molecule has 9 heteroatoms. The Labute approximate surface area is 180 Å². The van der Waals surface area contributed by atoms with Gasteiger partial charge in [0.15, 0.2) is 11.8 Å². The summed E-state index contributed by atoms with van der Waals surface area (Å²) >= 11 is 0. The number of halogens is 1. The Balaban J connectivity index is 1.56. The number of carbonyl (C=O) groups is 1. The van der Waals surface area contributed by atoms with Crippen LogP contribution in [0.3, 0.4) is 0 Å². The molecule has 0 bridgehead atoms. The molecule has 0 unspecified atom stereocenters. The highest BCUT2D eigenvalue weighted by atomic mass is 19.1. The minimum absolute atomic E-state index is 0.0934. The lowest BCUT2D eigenvalue weighted by molar-refractivity contribution is -0.930. The van der Waals surface area contributed by atoms with E-state index < -0.39 is 0 Å². The molecule has 1 aliphatic heterocycles. The van der Waals surface area contributed by atoms with Crippen LogP contribution in [0.4, 0.5) is 4.39 Å². The van der Waals surface area contributed by atoms with Crippen LogP contribution >= 0.6 is 0 Å². The Bertz CT molecular complexity index is 978. The fourth-order valence-electron chi connectivity index (χ4n) is 4.02. The highest BCUT2D eigenvalue weighted by molar-refractivity contribution is 5.91. The van der Waals surface area contributed by atoms with Crippen molar-refractivity contribution in [1.29, 1.82) is 0 Å². The second kappa shape index (κ2) is 9.38. The minimum Gasteiger partial charge on any atom is -0.459 e. The van der Waals surface area contributed by atoms with Crippen molar-refractivity contribution in [3.05, 3.63) is 65.6 Å². The summed E-state index contributed by atoms with van der Waals surface area (Å²) in [6, 6.07) is 9.82. The van der Waals surface area contributed by atoms with E-state index >= 15 is 0 Å². The zero-order chi connectivity index (χ0) is 21.8. The molecule has 2 aromatic heterocycles. The monoisotopic (exact) mass is 427 g/mol. The van der Waals surface area contributed by atoms with E-state index in [0.29, 0.717) is 24.8 Å². The Morgan fingerprint density at radius 1 is 1.19 bits per heavy atom. The van der Waals surface area contributed by atoms with E-state index in [9.17, 15) is 9.18 Å². The largest absolute Gasteiger partial charge is 0.459 e. The average Bonchev–Trinajstić information content (AvgIpc) is 3.46. The minimum atomic E-state index is -0.272. The quantitative estimate of drug-likeness (QED) is 0.619. The first-order chi connectivity index (χ1) is 15.0. The molecule has 1 N–H and O–H groups in total. The van der Waals surface area contributed by atoms with E-state index in [1.807, 2.05) is 9.58 Å². The van der Waals surface area contributed by atoms with Crippen LogP contribution in [0.2, 0.25) is 0 Å². The first kappa shape index (κ1) is 21.2. The summed E-state index contributed by atoms with van der Waals surface area (Å²) < 4.78 is 20.7. The number of rotatable bonds is 7. The van der Waals surface area contributed by atoms with Gasteiger partial charge in [-0.05, 0) is 59.2 Å². The van der Waals surface area contributed by atoms with Crippen LogP contribution < -0.4 is 4.90 Å². The molecule has 1 fully saturated rings. The lowest BCUT2D eigenvalue weighted by atomic mass is 10.0. The number of quaternary nitrogens is 1. The highest BCUT2D eigenvalue weighted by Crippen LogP contribution is 2.19. The molecule has 31 heavy (non-hydrogen) atoms. The Hall–Kier alpha value is -3.07. The van der Waals surface area contributed by atoms with Gasteiger partial charge in [0.05, 0.1) is 32.4 Å². The molecule has 8 nitrogen and oxygen atoms in total.